The first-order chi connectivity index (χ1) is 9.88. The van der Waals surface area contributed by atoms with E-state index in [0.717, 1.165) is 24.8 Å². The van der Waals surface area contributed by atoms with E-state index in [1.54, 1.807) is 0 Å². The van der Waals surface area contributed by atoms with Gasteiger partial charge in [-0.3, -0.25) is 0 Å². The summed E-state index contributed by atoms with van der Waals surface area (Å²) in [6, 6.07) is 9.46. The summed E-state index contributed by atoms with van der Waals surface area (Å²) in [5.41, 5.74) is 0.528. The molecule has 4 nitrogen and oxygen atoms in total. The lowest BCUT2D eigenvalue weighted by Crippen LogP contribution is -2.36. The molecule has 1 aromatic rings. The van der Waals surface area contributed by atoms with Crippen molar-refractivity contribution < 1.29 is 13.5 Å². The maximum atomic E-state index is 12.0. The quantitative estimate of drug-likeness (QED) is 0.775. The lowest BCUT2D eigenvalue weighted by atomic mass is 9.93. The minimum Gasteiger partial charge on any atom is -0.388 e. The second-order valence-corrected chi connectivity index (χ2v) is 8.14. The van der Waals surface area contributed by atoms with Crippen molar-refractivity contribution in [2.24, 2.45) is 11.3 Å². The molecule has 1 saturated carbocycles. The summed E-state index contributed by atoms with van der Waals surface area (Å²) >= 11 is 0. The molecule has 0 aliphatic heterocycles. The van der Waals surface area contributed by atoms with Gasteiger partial charge in [-0.25, -0.2) is 13.1 Å². The Kier molecular flexibility index (Phi) is 5.07. The summed E-state index contributed by atoms with van der Waals surface area (Å²) in [6.07, 6.45) is 1.95. The molecule has 1 aliphatic carbocycles. The first kappa shape index (κ1) is 16.5. The van der Waals surface area contributed by atoms with Crippen LogP contribution in [0.5, 0.6) is 0 Å². The molecule has 0 bridgehead atoms. The second kappa shape index (κ2) is 6.46. The number of aliphatic hydroxyl groups excluding tert-OH is 1. The summed E-state index contributed by atoms with van der Waals surface area (Å²) in [5.74, 6) is 0.304. The standard InChI is InChI=1S/C16H25NO3S/c1-3-13(2)11-21(19,20)17-12-16(9-10-16)15(18)14-7-5-4-6-8-14/h4-8,13,15,17-18H,3,9-12H2,1-2H3. The summed E-state index contributed by atoms with van der Waals surface area (Å²) in [7, 11) is -3.26. The van der Waals surface area contributed by atoms with Crippen molar-refractivity contribution in [3.63, 3.8) is 0 Å². The van der Waals surface area contributed by atoms with E-state index >= 15 is 0 Å². The van der Waals surface area contributed by atoms with Gasteiger partial charge in [-0.15, -0.1) is 0 Å². The highest BCUT2D eigenvalue weighted by Gasteiger charge is 2.49. The van der Waals surface area contributed by atoms with Gasteiger partial charge in [0, 0.05) is 12.0 Å². The molecule has 0 amide bonds. The highest BCUT2D eigenvalue weighted by molar-refractivity contribution is 7.89. The number of rotatable bonds is 8. The van der Waals surface area contributed by atoms with E-state index in [-0.39, 0.29) is 17.1 Å². The van der Waals surface area contributed by atoms with Crippen molar-refractivity contribution in [1.82, 2.24) is 4.72 Å². The highest BCUT2D eigenvalue weighted by Crippen LogP contribution is 2.54. The smallest absolute Gasteiger partial charge is 0.211 e. The highest BCUT2D eigenvalue weighted by atomic mass is 32.2. The number of hydrogen-bond donors (Lipinski definition) is 2. The molecule has 2 rings (SSSR count). The Morgan fingerprint density at radius 2 is 1.90 bits per heavy atom. The molecule has 5 heteroatoms. The molecule has 2 unspecified atom stereocenters. The topological polar surface area (TPSA) is 66.4 Å². The largest absolute Gasteiger partial charge is 0.388 e. The van der Waals surface area contributed by atoms with E-state index in [9.17, 15) is 13.5 Å². The van der Waals surface area contributed by atoms with Gasteiger partial charge in [0.05, 0.1) is 11.9 Å². The average molecular weight is 311 g/mol. The summed E-state index contributed by atoms with van der Waals surface area (Å²) < 4.78 is 26.8. The molecule has 2 N–H and O–H groups in total. The van der Waals surface area contributed by atoms with Gasteiger partial charge < -0.3 is 5.11 Å². The third-order valence-corrected chi connectivity index (χ3v) is 6.02. The Bertz CT molecular complexity index is 552. The molecule has 1 aromatic carbocycles. The first-order valence-electron chi connectivity index (χ1n) is 7.59. The van der Waals surface area contributed by atoms with Crippen LogP contribution in [0.2, 0.25) is 0 Å². The minimum absolute atomic E-state index is 0.150. The zero-order chi connectivity index (χ0) is 15.5. The average Bonchev–Trinajstić information content (AvgIpc) is 3.26. The van der Waals surface area contributed by atoms with Crippen molar-refractivity contribution in [3.05, 3.63) is 35.9 Å². The van der Waals surface area contributed by atoms with Crippen LogP contribution in [0.25, 0.3) is 0 Å². The van der Waals surface area contributed by atoms with Crippen LogP contribution in [0, 0.1) is 11.3 Å². The fraction of sp³-hybridized carbons (Fsp3) is 0.625. The van der Waals surface area contributed by atoms with Gasteiger partial charge in [0.1, 0.15) is 0 Å². The predicted octanol–water partition coefficient (Wildman–Crippen LogP) is 2.47. The van der Waals surface area contributed by atoms with Gasteiger partial charge in [-0.05, 0) is 24.3 Å². The molecule has 21 heavy (non-hydrogen) atoms. The number of benzene rings is 1. The second-order valence-electron chi connectivity index (χ2n) is 6.29. The van der Waals surface area contributed by atoms with Crippen LogP contribution in [0.3, 0.4) is 0 Å². The van der Waals surface area contributed by atoms with Gasteiger partial charge >= 0.3 is 0 Å². The summed E-state index contributed by atoms with van der Waals surface area (Å²) in [6.45, 7) is 4.24. The molecule has 1 fully saturated rings. The Labute approximate surface area is 127 Å². The number of aliphatic hydroxyl groups is 1. The van der Waals surface area contributed by atoms with E-state index in [1.807, 2.05) is 44.2 Å². The van der Waals surface area contributed by atoms with Gasteiger partial charge in [0.15, 0.2) is 0 Å². The number of sulfonamides is 1. The Hall–Kier alpha value is -0.910. The molecule has 0 aromatic heterocycles. The lowest BCUT2D eigenvalue weighted by molar-refractivity contribution is 0.0953. The molecule has 118 valence electrons. The normalized spacial score (nSPS) is 20.0. The fourth-order valence-corrected chi connectivity index (χ4v) is 4.11. The van der Waals surface area contributed by atoms with Crippen LogP contribution in [0.4, 0.5) is 0 Å². The zero-order valence-electron chi connectivity index (χ0n) is 12.7. The van der Waals surface area contributed by atoms with E-state index in [2.05, 4.69) is 4.72 Å². The SMILES string of the molecule is CCC(C)CS(=O)(=O)NCC1(C(O)c2ccccc2)CC1. The van der Waals surface area contributed by atoms with E-state index < -0.39 is 16.1 Å². The van der Waals surface area contributed by atoms with Gasteiger partial charge in [0.2, 0.25) is 10.0 Å². The van der Waals surface area contributed by atoms with E-state index in [1.165, 1.54) is 0 Å². The summed E-state index contributed by atoms with van der Waals surface area (Å²) in [5, 5.41) is 10.5. The van der Waals surface area contributed by atoms with Crippen LogP contribution >= 0.6 is 0 Å². The Balaban J connectivity index is 1.96. The molecule has 0 saturated heterocycles. The zero-order valence-corrected chi connectivity index (χ0v) is 13.6. The number of nitrogens with one attached hydrogen (secondary N) is 1. The van der Waals surface area contributed by atoms with Crippen molar-refractivity contribution in [3.8, 4) is 0 Å². The Morgan fingerprint density at radius 3 is 2.43 bits per heavy atom. The van der Waals surface area contributed by atoms with Crippen LogP contribution < -0.4 is 4.72 Å². The molecule has 0 radical (unpaired) electrons. The van der Waals surface area contributed by atoms with E-state index in [4.69, 9.17) is 0 Å². The van der Waals surface area contributed by atoms with Gasteiger partial charge in [-0.1, -0.05) is 50.6 Å². The lowest BCUT2D eigenvalue weighted by Gasteiger charge is -2.23. The van der Waals surface area contributed by atoms with E-state index in [0.29, 0.717) is 6.54 Å². The molecule has 1 aliphatic rings. The van der Waals surface area contributed by atoms with Crippen molar-refractivity contribution in [2.75, 3.05) is 12.3 Å². The maximum absolute atomic E-state index is 12.0. The van der Waals surface area contributed by atoms with Crippen LogP contribution in [-0.2, 0) is 10.0 Å². The minimum atomic E-state index is -3.26. The summed E-state index contributed by atoms with van der Waals surface area (Å²) in [4.78, 5) is 0. The van der Waals surface area contributed by atoms with Crippen molar-refractivity contribution in [2.45, 2.75) is 39.2 Å². The molecular weight excluding hydrogens is 286 g/mol. The van der Waals surface area contributed by atoms with Gasteiger partial charge in [-0.2, -0.15) is 0 Å². The third-order valence-electron chi connectivity index (χ3n) is 4.43. The third kappa shape index (κ3) is 4.28. The monoisotopic (exact) mass is 311 g/mol. The van der Waals surface area contributed by atoms with Crippen molar-refractivity contribution in [1.29, 1.82) is 0 Å². The molecule has 0 heterocycles. The molecular formula is C16H25NO3S. The van der Waals surface area contributed by atoms with Crippen molar-refractivity contribution >= 4 is 10.0 Å². The van der Waals surface area contributed by atoms with Crippen LogP contribution in [0.15, 0.2) is 30.3 Å². The number of hydrogen-bond acceptors (Lipinski definition) is 3. The van der Waals surface area contributed by atoms with Crippen LogP contribution in [-0.4, -0.2) is 25.8 Å². The molecule has 2 atom stereocenters. The first-order valence-corrected chi connectivity index (χ1v) is 9.24. The maximum Gasteiger partial charge on any atom is 0.211 e. The van der Waals surface area contributed by atoms with Gasteiger partial charge in [0.25, 0.3) is 0 Å². The van der Waals surface area contributed by atoms with Crippen LogP contribution in [0.1, 0.15) is 44.8 Å². The predicted molar refractivity (Wildman–Crippen MR) is 84.3 cm³/mol. The molecule has 0 spiro atoms. The Morgan fingerprint density at radius 1 is 1.29 bits per heavy atom. The fourth-order valence-electron chi connectivity index (χ4n) is 2.50.